The Morgan fingerprint density at radius 2 is 1.79 bits per heavy atom. The van der Waals surface area contributed by atoms with Crippen molar-refractivity contribution in [2.24, 2.45) is 5.92 Å². The predicted molar refractivity (Wildman–Crippen MR) is 146 cm³/mol. The summed E-state index contributed by atoms with van der Waals surface area (Å²) in [4.78, 5) is 8.91. The number of pyridine rings is 1. The minimum absolute atomic E-state index is 0.265. The van der Waals surface area contributed by atoms with Crippen molar-refractivity contribution in [3.63, 3.8) is 0 Å². The Morgan fingerprint density at radius 3 is 2.44 bits per heavy atom. The first kappa shape index (κ1) is 23.9. The zero-order valence-electron chi connectivity index (χ0n) is 20.4. The van der Waals surface area contributed by atoms with E-state index in [2.05, 4.69) is 97.5 Å². The van der Waals surface area contributed by atoms with Crippen LogP contribution in [0.5, 0.6) is 5.75 Å². The number of hydrogen-bond acceptors (Lipinski definition) is 5. The molecule has 34 heavy (non-hydrogen) atoms. The molecule has 1 atom stereocenters. The van der Waals surface area contributed by atoms with Crippen molar-refractivity contribution in [2.45, 2.75) is 33.1 Å². The summed E-state index contributed by atoms with van der Waals surface area (Å²) in [6, 6.07) is 19.0. The topological polar surface area (TPSA) is 47.0 Å². The van der Waals surface area contributed by atoms with Gasteiger partial charge >= 0.3 is 207 Å². The average molecular weight is 467 g/mol. The molecule has 2 heterocycles. The van der Waals surface area contributed by atoms with Crippen LogP contribution < -0.4 is 10.1 Å². The van der Waals surface area contributed by atoms with E-state index in [0.29, 0.717) is 5.92 Å². The molecule has 0 aliphatic heterocycles. The first-order chi connectivity index (χ1) is 16.3. The molecule has 4 aromatic rings. The van der Waals surface area contributed by atoms with Crippen molar-refractivity contribution in [2.75, 3.05) is 12.4 Å². The van der Waals surface area contributed by atoms with Crippen molar-refractivity contribution >= 4 is 30.1 Å². The number of thiazole rings is 1. The number of aromatic nitrogens is 2. The van der Waals surface area contributed by atoms with E-state index < -0.39 is 0 Å². The van der Waals surface area contributed by atoms with Gasteiger partial charge in [0.25, 0.3) is 0 Å². The zero-order chi connectivity index (χ0) is 24.3. The van der Waals surface area contributed by atoms with Crippen LogP contribution in [0.2, 0.25) is 0 Å². The molecule has 2 aromatic carbocycles. The van der Waals surface area contributed by atoms with Gasteiger partial charge in [-0.25, -0.2) is 0 Å². The van der Waals surface area contributed by atoms with E-state index in [1.807, 2.05) is 19.2 Å². The number of nitrogens with one attached hydrogen (secondary N) is 1. The summed E-state index contributed by atoms with van der Waals surface area (Å²) in [5.74, 6) is 1.09. The predicted octanol–water partition coefficient (Wildman–Crippen LogP) is 6.25. The average Bonchev–Trinajstić information content (AvgIpc) is 3.30. The summed E-state index contributed by atoms with van der Waals surface area (Å²) >= 11 is 1.67. The van der Waals surface area contributed by atoms with E-state index in [9.17, 15) is 0 Å². The molecule has 0 radical (unpaired) electrons. The SMILES string of the molecule is B=C(Nc1cccc(-c2csc(C)n2)c1)C(C)(c1ccc(-c2cncc(OC)c2)cc1)C(C)C. The van der Waals surface area contributed by atoms with Crippen LogP contribution in [-0.4, -0.2) is 30.2 Å². The fraction of sp³-hybridized carbons (Fsp3) is 0.250. The van der Waals surface area contributed by atoms with Crippen molar-refractivity contribution in [1.29, 1.82) is 0 Å². The van der Waals surface area contributed by atoms with Gasteiger partial charge in [-0.05, 0) is 0 Å². The Balaban J connectivity index is 1.60. The summed E-state index contributed by atoms with van der Waals surface area (Å²) in [5.41, 5.74) is 7.16. The number of hydrogen-bond donors (Lipinski definition) is 1. The molecular weight excluding hydrogens is 437 g/mol. The van der Waals surface area contributed by atoms with Gasteiger partial charge in [-0.15, -0.1) is 0 Å². The molecule has 1 unspecified atom stereocenters. The fourth-order valence-corrected chi connectivity index (χ4v) is 4.73. The van der Waals surface area contributed by atoms with Gasteiger partial charge in [-0.1, -0.05) is 0 Å². The number of ether oxygens (including phenoxy) is 1. The number of methoxy groups -OCH3 is 1. The number of rotatable bonds is 8. The van der Waals surface area contributed by atoms with Crippen LogP contribution in [0.1, 0.15) is 31.3 Å². The maximum atomic E-state index is 5.33. The van der Waals surface area contributed by atoms with Gasteiger partial charge in [0.2, 0.25) is 0 Å². The molecule has 172 valence electrons. The van der Waals surface area contributed by atoms with Gasteiger partial charge in [-0.2, -0.15) is 0 Å². The summed E-state index contributed by atoms with van der Waals surface area (Å²) in [6.07, 6.45) is 3.57. The van der Waals surface area contributed by atoms with Crippen molar-refractivity contribution in [1.82, 2.24) is 9.97 Å². The first-order valence-corrected chi connectivity index (χ1v) is 12.3. The van der Waals surface area contributed by atoms with Crippen molar-refractivity contribution < 1.29 is 4.74 Å². The standard InChI is InChI=1S/C28H30BN3OS/c1-18(2)28(4,23-11-9-20(10-12-23)22-14-25(33-5)16-30-15-22)27(29)32-24-8-6-7-21(13-24)26-17-34-19(3)31-26/h6-18,29,32H,1-5H3. The second-order valence-electron chi connectivity index (χ2n) is 8.98. The Hall–Kier alpha value is -3.25. The molecule has 1 N–H and O–H groups in total. The van der Waals surface area contributed by atoms with Crippen LogP contribution in [0.4, 0.5) is 5.69 Å². The van der Waals surface area contributed by atoms with Gasteiger partial charge in [0.05, 0.1) is 0 Å². The Kier molecular flexibility index (Phi) is 6.99. The van der Waals surface area contributed by atoms with Crippen LogP contribution in [0, 0.1) is 12.8 Å². The monoisotopic (exact) mass is 467 g/mol. The Labute approximate surface area is 207 Å². The summed E-state index contributed by atoms with van der Waals surface area (Å²) in [6.45, 7) is 8.76. The van der Waals surface area contributed by atoms with Crippen LogP contribution in [0.15, 0.2) is 72.4 Å². The van der Waals surface area contributed by atoms with E-state index in [4.69, 9.17) is 4.74 Å². The molecule has 0 aliphatic carbocycles. The fourth-order valence-electron chi connectivity index (χ4n) is 4.11. The normalized spacial score (nSPS) is 12.9. The van der Waals surface area contributed by atoms with E-state index in [1.165, 1.54) is 5.56 Å². The van der Waals surface area contributed by atoms with E-state index in [-0.39, 0.29) is 5.41 Å². The van der Waals surface area contributed by atoms with E-state index in [0.717, 1.165) is 44.4 Å². The zero-order valence-corrected chi connectivity index (χ0v) is 21.2. The second kappa shape index (κ2) is 9.94. The molecule has 0 spiro atoms. The molecule has 4 nitrogen and oxygen atoms in total. The number of aryl methyl sites for hydroxylation is 1. The van der Waals surface area contributed by atoms with Gasteiger partial charge in [-0.3, -0.25) is 0 Å². The third kappa shape index (κ3) is 4.83. The van der Waals surface area contributed by atoms with Gasteiger partial charge in [0.1, 0.15) is 0 Å². The van der Waals surface area contributed by atoms with Crippen LogP contribution in [0.3, 0.4) is 0 Å². The van der Waals surface area contributed by atoms with Crippen LogP contribution in [0.25, 0.3) is 22.4 Å². The molecule has 0 saturated carbocycles. The summed E-state index contributed by atoms with van der Waals surface area (Å²) in [7, 11) is 6.14. The third-order valence-corrected chi connectivity index (χ3v) is 7.39. The molecule has 0 bridgehead atoms. The molecule has 4 rings (SSSR count). The van der Waals surface area contributed by atoms with Crippen molar-refractivity contribution in [3.8, 4) is 28.1 Å². The van der Waals surface area contributed by atoms with Gasteiger partial charge in [0, 0.05) is 0 Å². The molecule has 6 heteroatoms. The number of nitrogens with zero attached hydrogens (tertiary/aromatic N) is 2. The number of anilines is 1. The third-order valence-electron chi connectivity index (χ3n) is 6.62. The molecule has 0 saturated heterocycles. The van der Waals surface area contributed by atoms with Crippen LogP contribution >= 0.6 is 11.3 Å². The van der Waals surface area contributed by atoms with E-state index >= 15 is 0 Å². The van der Waals surface area contributed by atoms with E-state index in [1.54, 1.807) is 24.6 Å². The molecular formula is C28H30BN3OS. The quantitative estimate of drug-likeness (QED) is 0.312. The van der Waals surface area contributed by atoms with Gasteiger partial charge in [0.15, 0.2) is 0 Å². The number of benzene rings is 2. The minimum atomic E-state index is -0.265. The second-order valence-corrected chi connectivity index (χ2v) is 10.0. The molecule has 0 aliphatic rings. The Morgan fingerprint density at radius 1 is 1.03 bits per heavy atom. The first-order valence-electron chi connectivity index (χ1n) is 11.4. The Bertz CT molecular complexity index is 1300. The summed E-state index contributed by atoms with van der Waals surface area (Å²) < 4.78 is 5.33. The summed E-state index contributed by atoms with van der Waals surface area (Å²) in [5, 5.41) is 6.76. The maximum absolute atomic E-state index is 5.33. The van der Waals surface area contributed by atoms with Crippen molar-refractivity contribution in [3.05, 3.63) is 82.9 Å². The molecule has 2 aromatic heterocycles. The molecule has 0 fully saturated rings. The molecule has 0 amide bonds. The van der Waals surface area contributed by atoms with Crippen LogP contribution in [-0.2, 0) is 5.41 Å². The van der Waals surface area contributed by atoms with Gasteiger partial charge < -0.3 is 0 Å².